The Morgan fingerprint density at radius 1 is 1.38 bits per heavy atom. The summed E-state index contributed by atoms with van der Waals surface area (Å²) in [6, 6.07) is 3.32. The number of benzene rings is 1. The van der Waals surface area contributed by atoms with Gasteiger partial charge < -0.3 is 15.3 Å². The van der Waals surface area contributed by atoms with Crippen molar-refractivity contribution in [2.45, 2.75) is 19.3 Å². The van der Waals surface area contributed by atoms with Gasteiger partial charge in [-0.15, -0.1) is 0 Å². The number of phenols is 1. The molecule has 0 saturated carbocycles. The maximum atomic E-state index is 11.0. The van der Waals surface area contributed by atoms with Gasteiger partial charge >= 0.3 is 4.94 Å². The number of nitrogens with two attached hydrogens (primary N) is 1. The second-order valence-corrected chi connectivity index (χ2v) is 4.60. The molecule has 16 heavy (non-hydrogen) atoms. The number of hydrogen-bond donors (Lipinski definition) is 2. The van der Waals surface area contributed by atoms with Gasteiger partial charge in [-0.25, -0.2) is 4.79 Å². The summed E-state index contributed by atoms with van der Waals surface area (Å²) in [4.78, 5) is 10.7. The van der Waals surface area contributed by atoms with Crippen LogP contribution in [0.25, 0.3) is 10.3 Å². The highest BCUT2D eigenvalue weighted by molar-refractivity contribution is 7.16. The SMILES string of the molecule is NCCCCc1cc2oc(=O)sc2cc1O. The Bertz CT molecular complexity index is 544. The van der Waals surface area contributed by atoms with Gasteiger partial charge in [0, 0.05) is 6.07 Å². The molecule has 1 aromatic carbocycles. The summed E-state index contributed by atoms with van der Waals surface area (Å²) in [7, 11) is 0. The molecule has 3 N–H and O–H groups in total. The van der Waals surface area contributed by atoms with Crippen molar-refractivity contribution in [2.24, 2.45) is 5.73 Å². The van der Waals surface area contributed by atoms with Gasteiger partial charge in [-0.3, -0.25) is 0 Å². The van der Waals surface area contributed by atoms with E-state index in [2.05, 4.69) is 0 Å². The molecule has 1 heterocycles. The first-order chi connectivity index (χ1) is 7.70. The second kappa shape index (κ2) is 4.67. The molecular formula is C11H13NO3S. The molecule has 0 radical (unpaired) electrons. The lowest BCUT2D eigenvalue weighted by Gasteiger charge is -2.03. The van der Waals surface area contributed by atoms with E-state index in [1.807, 2.05) is 0 Å². The molecule has 5 heteroatoms. The first kappa shape index (κ1) is 11.2. The van der Waals surface area contributed by atoms with E-state index in [9.17, 15) is 9.90 Å². The maximum absolute atomic E-state index is 11.0. The number of phenolic OH excluding ortho intramolecular Hbond substituents is 1. The quantitative estimate of drug-likeness (QED) is 0.798. The first-order valence-corrected chi connectivity index (χ1v) is 5.98. The number of hydrogen-bond acceptors (Lipinski definition) is 5. The average Bonchev–Trinajstić information content (AvgIpc) is 2.58. The highest BCUT2D eigenvalue weighted by Crippen LogP contribution is 2.27. The maximum Gasteiger partial charge on any atom is 0.396 e. The molecule has 0 saturated heterocycles. The minimum absolute atomic E-state index is 0.224. The summed E-state index contributed by atoms with van der Waals surface area (Å²) < 4.78 is 5.68. The van der Waals surface area contributed by atoms with Crippen LogP contribution in [0.2, 0.25) is 0 Å². The Balaban J connectivity index is 2.30. The normalized spacial score (nSPS) is 11.1. The molecule has 0 fully saturated rings. The molecule has 1 aromatic heterocycles. The van der Waals surface area contributed by atoms with E-state index >= 15 is 0 Å². The van der Waals surface area contributed by atoms with E-state index in [1.165, 1.54) is 0 Å². The van der Waals surface area contributed by atoms with Crippen molar-refractivity contribution < 1.29 is 9.52 Å². The smallest absolute Gasteiger partial charge is 0.396 e. The third-order valence-corrected chi connectivity index (χ3v) is 3.22. The van der Waals surface area contributed by atoms with Crippen LogP contribution in [0.3, 0.4) is 0 Å². The van der Waals surface area contributed by atoms with Crippen LogP contribution < -0.4 is 10.7 Å². The summed E-state index contributed by atoms with van der Waals surface area (Å²) in [6.45, 7) is 0.649. The standard InChI is InChI=1S/C11H13NO3S/c12-4-2-1-3-7-5-9-10(6-8(7)13)16-11(14)15-9/h5-6,13H,1-4,12H2. The second-order valence-electron chi connectivity index (χ2n) is 3.63. The lowest BCUT2D eigenvalue weighted by atomic mass is 10.1. The highest BCUT2D eigenvalue weighted by atomic mass is 32.1. The van der Waals surface area contributed by atoms with E-state index < -0.39 is 0 Å². The minimum Gasteiger partial charge on any atom is -0.508 e. The van der Waals surface area contributed by atoms with Crippen LogP contribution in [-0.4, -0.2) is 11.7 Å². The van der Waals surface area contributed by atoms with Gasteiger partial charge in [0.15, 0.2) is 0 Å². The van der Waals surface area contributed by atoms with Crippen molar-refractivity contribution in [3.8, 4) is 5.75 Å². The van der Waals surface area contributed by atoms with Crippen molar-refractivity contribution in [1.82, 2.24) is 0 Å². The van der Waals surface area contributed by atoms with Gasteiger partial charge in [-0.1, -0.05) is 11.3 Å². The predicted octanol–water partition coefficient (Wildman–Crippen LogP) is 1.84. The molecule has 0 amide bonds. The average molecular weight is 239 g/mol. The van der Waals surface area contributed by atoms with E-state index in [0.717, 1.165) is 36.2 Å². The number of aryl methyl sites for hydroxylation is 1. The van der Waals surface area contributed by atoms with Crippen LogP contribution in [0.1, 0.15) is 18.4 Å². The Hall–Kier alpha value is -1.33. The fraction of sp³-hybridized carbons (Fsp3) is 0.364. The largest absolute Gasteiger partial charge is 0.508 e. The lowest BCUT2D eigenvalue weighted by Crippen LogP contribution is -1.99. The predicted molar refractivity (Wildman–Crippen MR) is 64.0 cm³/mol. The molecule has 2 rings (SSSR count). The molecule has 4 nitrogen and oxygen atoms in total. The Kier molecular flexibility index (Phi) is 3.26. The van der Waals surface area contributed by atoms with Crippen LogP contribution in [0.4, 0.5) is 0 Å². The topological polar surface area (TPSA) is 76.5 Å². The third-order valence-electron chi connectivity index (χ3n) is 2.43. The molecule has 0 aliphatic rings. The summed E-state index contributed by atoms with van der Waals surface area (Å²) >= 11 is 1.00. The van der Waals surface area contributed by atoms with Crippen molar-refractivity contribution in [1.29, 1.82) is 0 Å². The molecular weight excluding hydrogens is 226 g/mol. The van der Waals surface area contributed by atoms with Gasteiger partial charge in [0.1, 0.15) is 11.3 Å². The van der Waals surface area contributed by atoms with E-state index in [1.54, 1.807) is 12.1 Å². The summed E-state index contributed by atoms with van der Waals surface area (Å²) in [5.41, 5.74) is 6.76. The van der Waals surface area contributed by atoms with Crippen LogP contribution in [-0.2, 0) is 6.42 Å². The summed E-state index contributed by atoms with van der Waals surface area (Å²) in [5.74, 6) is 0.224. The minimum atomic E-state index is -0.339. The third kappa shape index (κ3) is 2.25. The van der Waals surface area contributed by atoms with Gasteiger partial charge in [0.2, 0.25) is 0 Å². The lowest BCUT2D eigenvalue weighted by molar-refractivity contribution is 0.467. The zero-order chi connectivity index (χ0) is 11.5. The number of aromatic hydroxyl groups is 1. The molecule has 0 aliphatic heterocycles. The van der Waals surface area contributed by atoms with Crippen molar-refractivity contribution in [2.75, 3.05) is 6.54 Å². The molecule has 0 atom stereocenters. The molecule has 86 valence electrons. The molecule has 0 unspecified atom stereocenters. The Labute approximate surface area is 96.3 Å². The molecule has 0 spiro atoms. The number of fused-ring (bicyclic) bond motifs is 1. The fourth-order valence-corrected chi connectivity index (χ4v) is 2.29. The van der Waals surface area contributed by atoms with Crippen LogP contribution in [0.15, 0.2) is 21.3 Å². The van der Waals surface area contributed by atoms with Gasteiger partial charge in [0.25, 0.3) is 0 Å². The van der Waals surface area contributed by atoms with Crippen LogP contribution >= 0.6 is 11.3 Å². The van der Waals surface area contributed by atoms with E-state index in [4.69, 9.17) is 10.2 Å². The summed E-state index contributed by atoms with van der Waals surface area (Å²) in [6.07, 6.45) is 2.59. The van der Waals surface area contributed by atoms with E-state index in [0.29, 0.717) is 16.8 Å². The number of rotatable bonds is 4. The van der Waals surface area contributed by atoms with Gasteiger partial charge in [-0.2, -0.15) is 0 Å². The Morgan fingerprint density at radius 2 is 2.19 bits per heavy atom. The zero-order valence-electron chi connectivity index (χ0n) is 8.73. The van der Waals surface area contributed by atoms with Crippen molar-refractivity contribution >= 4 is 21.6 Å². The van der Waals surface area contributed by atoms with Crippen molar-refractivity contribution in [3.63, 3.8) is 0 Å². The van der Waals surface area contributed by atoms with Gasteiger partial charge in [-0.05, 0) is 37.4 Å². The van der Waals surface area contributed by atoms with E-state index in [-0.39, 0.29) is 10.7 Å². The highest BCUT2D eigenvalue weighted by Gasteiger charge is 2.08. The molecule has 0 aliphatic carbocycles. The molecule has 0 bridgehead atoms. The molecule has 2 aromatic rings. The van der Waals surface area contributed by atoms with Crippen molar-refractivity contribution in [3.05, 3.63) is 27.4 Å². The van der Waals surface area contributed by atoms with Gasteiger partial charge in [0.05, 0.1) is 4.70 Å². The Morgan fingerprint density at radius 3 is 2.94 bits per heavy atom. The summed E-state index contributed by atoms with van der Waals surface area (Å²) in [5, 5.41) is 9.75. The number of unbranched alkanes of at least 4 members (excludes halogenated alkanes) is 1. The monoisotopic (exact) mass is 239 g/mol. The van der Waals surface area contributed by atoms with Crippen LogP contribution in [0, 0.1) is 0 Å². The zero-order valence-corrected chi connectivity index (χ0v) is 9.55. The van der Waals surface area contributed by atoms with Crippen LogP contribution in [0.5, 0.6) is 5.75 Å². The fourth-order valence-electron chi connectivity index (χ4n) is 1.61. The first-order valence-electron chi connectivity index (χ1n) is 5.16.